The SMILES string of the molecule is CC1=C[CH]C=C2C=CCC=C12. The van der Waals surface area contributed by atoms with E-state index in [9.17, 15) is 0 Å². The van der Waals surface area contributed by atoms with Crippen molar-refractivity contribution in [2.45, 2.75) is 13.3 Å². The average molecular weight is 143 g/mol. The van der Waals surface area contributed by atoms with Crippen LogP contribution in [-0.4, -0.2) is 0 Å². The maximum absolute atomic E-state index is 2.28. The highest BCUT2D eigenvalue weighted by molar-refractivity contribution is 5.58. The summed E-state index contributed by atoms with van der Waals surface area (Å²) in [6.07, 6.45) is 14.2. The van der Waals surface area contributed by atoms with Crippen LogP contribution in [0.2, 0.25) is 0 Å². The molecule has 0 fully saturated rings. The molecule has 1 radical (unpaired) electrons. The highest BCUT2D eigenvalue weighted by Crippen LogP contribution is 2.28. The fraction of sp³-hybridized carbons (Fsp3) is 0.182. The van der Waals surface area contributed by atoms with Crippen molar-refractivity contribution in [1.82, 2.24) is 0 Å². The predicted molar refractivity (Wildman–Crippen MR) is 48.0 cm³/mol. The molecular weight excluding hydrogens is 132 g/mol. The van der Waals surface area contributed by atoms with Gasteiger partial charge >= 0.3 is 0 Å². The lowest BCUT2D eigenvalue weighted by Gasteiger charge is -2.16. The quantitative estimate of drug-likeness (QED) is 0.489. The lowest BCUT2D eigenvalue weighted by molar-refractivity contribution is 1.22. The summed E-state index contributed by atoms with van der Waals surface area (Å²) in [5.74, 6) is 0. The van der Waals surface area contributed by atoms with Gasteiger partial charge in [-0.15, -0.1) is 0 Å². The van der Waals surface area contributed by atoms with Crippen LogP contribution in [0, 0.1) is 6.42 Å². The van der Waals surface area contributed by atoms with Crippen molar-refractivity contribution in [3.63, 3.8) is 0 Å². The lowest BCUT2D eigenvalue weighted by Crippen LogP contribution is -1.97. The molecule has 0 aromatic carbocycles. The zero-order valence-corrected chi connectivity index (χ0v) is 6.67. The molecule has 2 aliphatic rings. The van der Waals surface area contributed by atoms with Crippen LogP contribution in [0.3, 0.4) is 0 Å². The van der Waals surface area contributed by atoms with Gasteiger partial charge in [-0.1, -0.05) is 30.4 Å². The third-order valence-corrected chi connectivity index (χ3v) is 2.11. The van der Waals surface area contributed by atoms with Gasteiger partial charge in [0.05, 0.1) is 0 Å². The molecule has 0 heteroatoms. The molecule has 0 atom stereocenters. The Bertz CT molecular complexity index is 285. The second-order valence-corrected chi connectivity index (χ2v) is 2.92. The standard InChI is InChI=1S/C11H11/c1-9-5-4-7-10-6-2-3-8-11(9)10/h2,4-8H,3H2,1H3. The van der Waals surface area contributed by atoms with Crippen LogP contribution in [0.5, 0.6) is 0 Å². The minimum Gasteiger partial charge on any atom is -0.0801 e. The van der Waals surface area contributed by atoms with Crippen molar-refractivity contribution in [2.75, 3.05) is 0 Å². The Morgan fingerprint density at radius 1 is 1.27 bits per heavy atom. The first kappa shape index (κ1) is 6.66. The van der Waals surface area contributed by atoms with Crippen molar-refractivity contribution in [2.24, 2.45) is 0 Å². The summed E-state index contributed by atoms with van der Waals surface area (Å²) in [6, 6.07) is 0. The highest BCUT2D eigenvalue weighted by Gasteiger charge is 2.09. The summed E-state index contributed by atoms with van der Waals surface area (Å²) >= 11 is 0. The Balaban J connectivity index is 2.41. The van der Waals surface area contributed by atoms with E-state index < -0.39 is 0 Å². The first-order valence-corrected chi connectivity index (χ1v) is 3.97. The number of hydrogen-bond donors (Lipinski definition) is 0. The van der Waals surface area contributed by atoms with Gasteiger partial charge in [-0.3, -0.25) is 0 Å². The van der Waals surface area contributed by atoms with Gasteiger partial charge in [0.1, 0.15) is 0 Å². The van der Waals surface area contributed by atoms with Crippen LogP contribution in [0.15, 0.2) is 47.1 Å². The molecule has 0 saturated heterocycles. The van der Waals surface area contributed by atoms with E-state index >= 15 is 0 Å². The molecule has 0 aromatic heterocycles. The average Bonchev–Trinajstić information content (AvgIpc) is 2.06. The van der Waals surface area contributed by atoms with E-state index in [-0.39, 0.29) is 0 Å². The molecule has 0 saturated carbocycles. The molecule has 0 aliphatic heterocycles. The maximum Gasteiger partial charge on any atom is 0.00598 e. The third-order valence-electron chi connectivity index (χ3n) is 2.11. The van der Waals surface area contributed by atoms with E-state index in [1.807, 2.05) is 0 Å². The van der Waals surface area contributed by atoms with Crippen LogP contribution < -0.4 is 0 Å². The fourth-order valence-corrected chi connectivity index (χ4v) is 1.51. The summed E-state index contributed by atoms with van der Waals surface area (Å²) in [7, 11) is 0. The second-order valence-electron chi connectivity index (χ2n) is 2.92. The Labute approximate surface area is 67.6 Å². The summed E-state index contributed by atoms with van der Waals surface area (Å²) in [4.78, 5) is 0. The third kappa shape index (κ3) is 1.09. The molecule has 2 aliphatic carbocycles. The Morgan fingerprint density at radius 2 is 2.18 bits per heavy atom. The monoisotopic (exact) mass is 143 g/mol. The molecule has 0 spiro atoms. The van der Waals surface area contributed by atoms with Crippen molar-refractivity contribution in [3.05, 3.63) is 53.5 Å². The fourth-order valence-electron chi connectivity index (χ4n) is 1.51. The van der Waals surface area contributed by atoms with E-state index in [1.54, 1.807) is 0 Å². The van der Waals surface area contributed by atoms with Crippen LogP contribution in [0.1, 0.15) is 13.3 Å². The van der Waals surface area contributed by atoms with Crippen LogP contribution in [0.4, 0.5) is 0 Å². The Hall–Kier alpha value is -1.04. The van der Waals surface area contributed by atoms with Gasteiger partial charge in [0.25, 0.3) is 0 Å². The summed E-state index contributed by atoms with van der Waals surface area (Å²) < 4.78 is 0. The molecule has 55 valence electrons. The molecule has 0 unspecified atom stereocenters. The van der Waals surface area contributed by atoms with E-state index in [0.29, 0.717) is 0 Å². The van der Waals surface area contributed by atoms with Gasteiger partial charge in [-0.25, -0.2) is 0 Å². The highest BCUT2D eigenvalue weighted by atomic mass is 14.1. The van der Waals surface area contributed by atoms with Crippen LogP contribution in [0.25, 0.3) is 0 Å². The number of hydrogen-bond acceptors (Lipinski definition) is 0. The van der Waals surface area contributed by atoms with E-state index in [0.717, 1.165) is 6.42 Å². The van der Waals surface area contributed by atoms with Gasteiger partial charge in [0, 0.05) is 6.42 Å². The first-order valence-electron chi connectivity index (χ1n) is 3.97. The second kappa shape index (κ2) is 2.54. The number of fused-ring (bicyclic) bond motifs is 1. The molecular formula is C11H11. The van der Waals surface area contributed by atoms with Crippen LogP contribution in [-0.2, 0) is 0 Å². The Morgan fingerprint density at radius 3 is 3.00 bits per heavy atom. The summed E-state index contributed by atoms with van der Waals surface area (Å²) in [5, 5.41) is 0. The normalized spacial score (nSPS) is 21.7. The zero-order valence-electron chi connectivity index (χ0n) is 6.67. The molecule has 0 amide bonds. The molecule has 0 nitrogen and oxygen atoms in total. The van der Waals surface area contributed by atoms with Crippen molar-refractivity contribution in [1.29, 1.82) is 0 Å². The molecule has 11 heavy (non-hydrogen) atoms. The van der Waals surface area contributed by atoms with Gasteiger partial charge in [-0.2, -0.15) is 0 Å². The minimum atomic E-state index is 1.08. The molecule has 0 N–H and O–H groups in total. The topological polar surface area (TPSA) is 0 Å². The number of rotatable bonds is 0. The lowest BCUT2D eigenvalue weighted by atomic mass is 9.89. The van der Waals surface area contributed by atoms with E-state index in [1.165, 1.54) is 16.7 Å². The van der Waals surface area contributed by atoms with E-state index in [4.69, 9.17) is 0 Å². The van der Waals surface area contributed by atoms with Crippen molar-refractivity contribution < 1.29 is 0 Å². The molecule has 0 heterocycles. The van der Waals surface area contributed by atoms with Crippen molar-refractivity contribution >= 4 is 0 Å². The predicted octanol–water partition coefficient (Wildman–Crippen LogP) is 2.96. The molecule has 0 bridgehead atoms. The number of allylic oxidation sites excluding steroid dienone is 8. The summed E-state index contributed by atoms with van der Waals surface area (Å²) in [5.41, 5.74) is 4.15. The first-order chi connectivity index (χ1) is 5.38. The minimum absolute atomic E-state index is 1.08. The summed E-state index contributed by atoms with van der Waals surface area (Å²) in [6.45, 7) is 2.16. The van der Waals surface area contributed by atoms with Gasteiger partial charge in [-0.05, 0) is 30.1 Å². The van der Waals surface area contributed by atoms with Crippen molar-refractivity contribution in [3.8, 4) is 0 Å². The van der Waals surface area contributed by atoms with Gasteiger partial charge in [0.2, 0.25) is 0 Å². The molecule has 2 rings (SSSR count). The van der Waals surface area contributed by atoms with Crippen LogP contribution >= 0.6 is 0 Å². The Kier molecular flexibility index (Phi) is 1.54. The van der Waals surface area contributed by atoms with Gasteiger partial charge in [0.15, 0.2) is 0 Å². The zero-order chi connectivity index (χ0) is 7.68. The maximum atomic E-state index is 2.28. The smallest absolute Gasteiger partial charge is 0.00598 e. The largest absolute Gasteiger partial charge is 0.0801 e. The van der Waals surface area contributed by atoms with E-state index in [2.05, 4.69) is 43.7 Å². The van der Waals surface area contributed by atoms with Gasteiger partial charge < -0.3 is 0 Å². The molecule has 0 aromatic rings.